The molecule has 4 rings (SSSR count). The fraction of sp³-hybridized carbons (Fsp3) is 0.458. The third-order valence-electron chi connectivity index (χ3n) is 6.40. The van der Waals surface area contributed by atoms with E-state index in [0.29, 0.717) is 13.2 Å². The number of nitrogens with zero attached hydrogens (tertiary/aromatic N) is 1. The molecule has 4 nitrogen and oxygen atoms in total. The van der Waals surface area contributed by atoms with E-state index < -0.39 is 0 Å². The molecule has 0 radical (unpaired) electrons. The minimum absolute atomic E-state index is 0.0000962. The van der Waals surface area contributed by atoms with Crippen LogP contribution in [0.3, 0.4) is 0 Å². The zero-order valence-corrected chi connectivity index (χ0v) is 16.8. The van der Waals surface area contributed by atoms with Gasteiger partial charge >= 0.3 is 6.03 Å². The van der Waals surface area contributed by atoms with Crippen LogP contribution >= 0.6 is 0 Å². The normalized spacial score (nSPS) is 18.9. The van der Waals surface area contributed by atoms with Crippen molar-refractivity contribution >= 4 is 6.03 Å². The smallest absolute Gasteiger partial charge is 0.317 e. The number of hydrogen-bond acceptors (Lipinski definition) is 2. The summed E-state index contributed by atoms with van der Waals surface area (Å²) in [6, 6.07) is 16.9. The van der Waals surface area contributed by atoms with Crippen molar-refractivity contribution in [3.8, 4) is 0 Å². The fourth-order valence-electron chi connectivity index (χ4n) is 4.34. The van der Waals surface area contributed by atoms with Crippen LogP contribution in [0, 0.1) is 5.82 Å². The minimum atomic E-state index is -0.218. The number of ether oxygens (including phenoxy) is 1. The molecule has 5 heteroatoms. The topological polar surface area (TPSA) is 41.6 Å². The first-order valence-electron chi connectivity index (χ1n) is 10.6. The number of benzene rings is 2. The van der Waals surface area contributed by atoms with Gasteiger partial charge in [-0.15, -0.1) is 0 Å². The van der Waals surface area contributed by atoms with Crippen LogP contribution in [-0.2, 0) is 16.8 Å². The zero-order valence-electron chi connectivity index (χ0n) is 16.8. The SMILES string of the molecule is O=C(NCC1(c2ccc(F)cc2)CCC1)N1CCC(OCc2ccccc2)CC1. The Kier molecular flexibility index (Phi) is 6.14. The molecule has 2 aromatic carbocycles. The molecule has 1 N–H and O–H groups in total. The molecule has 1 heterocycles. The van der Waals surface area contributed by atoms with E-state index in [0.717, 1.165) is 50.8 Å². The number of nitrogens with one attached hydrogen (secondary N) is 1. The van der Waals surface area contributed by atoms with Gasteiger partial charge in [0.2, 0.25) is 0 Å². The molecular weight excluding hydrogens is 367 g/mol. The largest absolute Gasteiger partial charge is 0.373 e. The van der Waals surface area contributed by atoms with Crippen molar-refractivity contribution in [2.45, 2.75) is 50.2 Å². The van der Waals surface area contributed by atoms with Crippen LogP contribution in [0.2, 0.25) is 0 Å². The second kappa shape index (κ2) is 8.95. The van der Waals surface area contributed by atoms with Crippen LogP contribution in [0.15, 0.2) is 54.6 Å². The average molecular weight is 397 g/mol. The lowest BCUT2D eigenvalue weighted by Crippen LogP contribution is -2.51. The summed E-state index contributed by atoms with van der Waals surface area (Å²) in [5, 5.41) is 3.13. The van der Waals surface area contributed by atoms with Crippen molar-refractivity contribution in [1.82, 2.24) is 10.2 Å². The summed E-state index contributed by atoms with van der Waals surface area (Å²) >= 11 is 0. The Hall–Kier alpha value is -2.40. The third kappa shape index (κ3) is 4.78. The summed E-state index contributed by atoms with van der Waals surface area (Å²) in [5.74, 6) is -0.218. The van der Waals surface area contributed by atoms with Gasteiger partial charge in [-0.2, -0.15) is 0 Å². The Labute approximate surface area is 172 Å². The Morgan fingerprint density at radius 2 is 1.76 bits per heavy atom. The number of rotatable bonds is 6. The van der Waals surface area contributed by atoms with Crippen LogP contribution in [0.1, 0.15) is 43.2 Å². The molecule has 1 aliphatic heterocycles. The highest BCUT2D eigenvalue weighted by Gasteiger charge is 2.39. The van der Waals surface area contributed by atoms with Crippen LogP contribution in [0.25, 0.3) is 0 Å². The van der Waals surface area contributed by atoms with Gasteiger partial charge < -0.3 is 15.0 Å². The molecule has 154 valence electrons. The third-order valence-corrected chi connectivity index (χ3v) is 6.40. The number of urea groups is 1. The maximum absolute atomic E-state index is 13.3. The van der Waals surface area contributed by atoms with E-state index in [-0.39, 0.29) is 23.4 Å². The van der Waals surface area contributed by atoms with Gasteiger partial charge in [-0.1, -0.05) is 48.9 Å². The van der Waals surface area contributed by atoms with Crippen LogP contribution in [0.4, 0.5) is 9.18 Å². The van der Waals surface area contributed by atoms with Gasteiger partial charge in [0.05, 0.1) is 12.7 Å². The van der Waals surface area contributed by atoms with Crippen molar-refractivity contribution in [2.75, 3.05) is 19.6 Å². The van der Waals surface area contributed by atoms with Crippen molar-refractivity contribution < 1.29 is 13.9 Å². The lowest BCUT2D eigenvalue weighted by Gasteiger charge is -2.43. The van der Waals surface area contributed by atoms with Crippen molar-refractivity contribution in [3.63, 3.8) is 0 Å². The van der Waals surface area contributed by atoms with E-state index in [2.05, 4.69) is 17.4 Å². The Balaban J connectivity index is 1.23. The van der Waals surface area contributed by atoms with Gasteiger partial charge in [0, 0.05) is 25.0 Å². The lowest BCUT2D eigenvalue weighted by atomic mass is 9.64. The predicted octanol–water partition coefficient (Wildman–Crippen LogP) is 4.64. The highest BCUT2D eigenvalue weighted by Crippen LogP contribution is 2.43. The molecule has 0 bridgehead atoms. The molecule has 2 aliphatic rings. The molecule has 0 aromatic heterocycles. The quantitative estimate of drug-likeness (QED) is 0.773. The molecule has 1 saturated carbocycles. The minimum Gasteiger partial charge on any atom is -0.373 e. The molecule has 0 spiro atoms. The number of carbonyl (C=O) groups excluding carboxylic acids is 1. The summed E-state index contributed by atoms with van der Waals surface area (Å²) in [6.07, 6.45) is 5.16. The van der Waals surface area contributed by atoms with E-state index in [1.807, 2.05) is 35.2 Å². The van der Waals surface area contributed by atoms with Crippen molar-refractivity contribution in [3.05, 3.63) is 71.5 Å². The number of carbonyl (C=O) groups is 1. The summed E-state index contributed by atoms with van der Waals surface area (Å²) in [6.45, 7) is 2.67. The molecule has 29 heavy (non-hydrogen) atoms. The van der Waals surface area contributed by atoms with E-state index in [9.17, 15) is 9.18 Å². The Morgan fingerprint density at radius 1 is 1.07 bits per heavy atom. The summed E-state index contributed by atoms with van der Waals surface area (Å²) < 4.78 is 19.3. The summed E-state index contributed by atoms with van der Waals surface area (Å²) in [5.41, 5.74) is 2.26. The van der Waals surface area contributed by atoms with Crippen LogP contribution in [0.5, 0.6) is 0 Å². The number of hydrogen-bond donors (Lipinski definition) is 1. The maximum atomic E-state index is 13.3. The molecule has 0 unspecified atom stereocenters. The van der Waals surface area contributed by atoms with Gasteiger partial charge in [0.1, 0.15) is 5.82 Å². The molecule has 1 aliphatic carbocycles. The molecule has 2 amide bonds. The first kappa shape index (κ1) is 19.9. The number of piperidine rings is 1. The summed E-state index contributed by atoms with van der Waals surface area (Å²) in [4.78, 5) is 14.6. The van der Waals surface area contributed by atoms with E-state index >= 15 is 0 Å². The maximum Gasteiger partial charge on any atom is 0.317 e. The van der Waals surface area contributed by atoms with Gasteiger partial charge in [-0.25, -0.2) is 9.18 Å². The standard InChI is InChI=1S/C24H29FN2O2/c25-21-9-7-20(8-10-21)24(13-4-14-24)18-26-23(28)27-15-11-22(12-16-27)29-17-19-5-2-1-3-6-19/h1-3,5-10,22H,4,11-18H2,(H,26,28). The molecule has 2 aromatic rings. The van der Waals surface area contributed by atoms with Gasteiger partial charge in [0.25, 0.3) is 0 Å². The molecule has 0 atom stereocenters. The van der Waals surface area contributed by atoms with Gasteiger partial charge in [0.15, 0.2) is 0 Å². The average Bonchev–Trinajstić information content (AvgIpc) is 2.73. The summed E-state index contributed by atoms with van der Waals surface area (Å²) in [7, 11) is 0. The zero-order chi connectivity index (χ0) is 20.1. The van der Waals surface area contributed by atoms with Crippen LogP contribution in [-0.4, -0.2) is 36.7 Å². The first-order chi connectivity index (χ1) is 14.1. The lowest BCUT2D eigenvalue weighted by molar-refractivity contribution is 0.00428. The second-order valence-electron chi connectivity index (χ2n) is 8.28. The second-order valence-corrected chi connectivity index (χ2v) is 8.28. The van der Waals surface area contributed by atoms with E-state index in [1.54, 1.807) is 0 Å². The monoisotopic (exact) mass is 396 g/mol. The fourth-order valence-corrected chi connectivity index (χ4v) is 4.34. The molecule has 2 fully saturated rings. The Morgan fingerprint density at radius 3 is 2.38 bits per heavy atom. The number of likely N-dealkylation sites (tertiary alicyclic amines) is 1. The van der Waals surface area contributed by atoms with Crippen molar-refractivity contribution in [1.29, 1.82) is 0 Å². The first-order valence-corrected chi connectivity index (χ1v) is 10.6. The Bertz CT molecular complexity index is 797. The van der Waals surface area contributed by atoms with E-state index in [4.69, 9.17) is 4.74 Å². The van der Waals surface area contributed by atoms with Gasteiger partial charge in [-0.05, 0) is 48.9 Å². The predicted molar refractivity (Wildman–Crippen MR) is 111 cm³/mol. The highest BCUT2D eigenvalue weighted by molar-refractivity contribution is 5.74. The number of amides is 2. The van der Waals surface area contributed by atoms with E-state index in [1.165, 1.54) is 17.7 Å². The molecular formula is C24H29FN2O2. The highest BCUT2D eigenvalue weighted by atomic mass is 19.1. The number of halogens is 1. The van der Waals surface area contributed by atoms with Crippen molar-refractivity contribution in [2.24, 2.45) is 0 Å². The van der Waals surface area contributed by atoms with Crippen LogP contribution < -0.4 is 5.32 Å². The molecule has 1 saturated heterocycles. The van der Waals surface area contributed by atoms with Gasteiger partial charge in [-0.3, -0.25) is 0 Å².